The Labute approximate surface area is 122 Å². The van der Waals surface area contributed by atoms with Crippen LogP contribution in [0, 0.1) is 5.92 Å². The van der Waals surface area contributed by atoms with E-state index in [9.17, 15) is 18.4 Å². The summed E-state index contributed by atoms with van der Waals surface area (Å²) in [5.74, 6) is -7.51. The molecule has 6 nitrogen and oxygen atoms in total. The summed E-state index contributed by atoms with van der Waals surface area (Å²) in [6.07, 6.45) is -1.68. The van der Waals surface area contributed by atoms with Crippen molar-refractivity contribution in [3.05, 3.63) is 0 Å². The number of ether oxygens (including phenoxy) is 4. The minimum atomic E-state index is -3.60. The highest BCUT2D eigenvalue weighted by Crippen LogP contribution is 2.63. The molecule has 0 saturated carbocycles. The molecule has 0 aromatic carbocycles. The minimum absolute atomic E-state index is 0.288. The average molecular weight is 322 g/mol. The Hall–Kier alpha value is -0.930. The van der Waals surface area contributed by atoms with Crippen LogP contribution in [-0.2, 0) is 28.5 Å². The first kappa shape index (κ1) is 13.7. The molecule has 0 N–H and O–H groups in total. The average Bonchev–Trinajstić information content (AvgIpc) is 3.08. The summed E-state index contributed by atoms with van der Waals surface area (Å²) in [6, 6.07) is 0. The third-order valence-corrected chi connectivity index (χ3v) is 6.00. The van der Waals surface area contributed by atoms with Gasteiger partial charge >= 0.3 is 17.9 Å². The number of halogens is 2. The van der Waals surface area contributed by atoms with Crippen LogP contribution in [0.25, 0.3) is 0 Å². The molecule has 0 aromatic rings. The van der Waals surface area contributed by atoms with E-state index in [1.807, 2.05) is 0 Å². The Kier molecular flexibility index (Phi) is 2.66. The van der Waals surface area contributed by atoms with Gasteiger partial charge < -0.3 is 18.9 Å². The maximum Gasteiger partial charge on any atom is 0.377 e. The maximum absolute atomic E-state index is 13.0. The second-order valence-corrected chi connectivity index (χ2v) is 6.90. The van der Waals surface area contributed by atoms with Crippen molar-refractivity contribution in [2.75, 3.05) is 13.2 Å². The Morgan fingerprint density at radius 2 is 2.10 bits per heavy atom. The molecule has 0 amide bonds. The normalized spacial score (nSPS) is 42.6. The van der Waals surface area contributed by atoms with Crippen molar-refractivity contribution in [2.45, 2.75) is 41.3 Å². The standard InChI is InChI=1S/C12H12F2O6S/c1-11(13,14)10(16)20-6-5-7-4(9(15)19-5)12(8(6)21-7)17-2-3-18-12/h4-8H,2-3H2,1H3. The molecular formula is C12H12F2O6S. The predicted octanol–water partition coefficient (Wildman–Crippen LogP) is 0.336. The second-order valence-electron chi connectivity index (χ2n) is 5.58. The molecule has 5 atom stereocenters. The van der Waals surface area contributed by atoms with Gasteiger partial charge in [0.1, 0.15) is 11.2 Å². The van der Waals surface area contributed by atoms with Gasteiger partial charge in [-0.2, -0.15) is 8.78 Å². The van der Waals surface area contributed by atoms with Gasteiger partial charge in [-0.1, -0.05) is 0 Å². The van der Waals surface area contributed by atoms with Crippen LogP contribution in [0.4, 0.5) is 8.78 Å². The highest BCUT2D eigenvalue weighted by molar-refractivity contribution is 8.01. The fourth-order valence-corrected chi connectivity index (χ4v) is 5.46. The van der Waals surface area contributed by atoms with Crippen LogP contribution < -0.4 is 0 Å². The SMILES string of the molecule is CC(F)(F)C(=O)OC1C2OC(=O)C3C2SC1C31OCCO1. The van der Waals surface area contributed by atoms with E-state index in [0.717, 1.165) is 0 Å². The zero-order valence-electron chi connectivity index (χ0n) is 10.9. The summed E-state index contributed by atoms with van der Waals surface area (Å²) in [7, 11) is 0. The van der Waals surface area contributed by atoms with E-state index < -0.39 is 47.0 Å². The monoisotopic (exact) mass is 322 g/mol. The molecule has 4 aliphatic rings. The Morgan fingerprint density at radius 1 is 1.43 bits per heavy atom. The molecule has 0 radical (unpaired) electrons. The van der Waals surface area contributed by atoms with Crippen LogP contribution in [0.5, 0.6) is 0 Å². The number of esters is 2. The highest BCUT2D eigenvalue weighted by atomic mass is 32.2. The fraction of sp³-hybridized carbons (Fsp3) is 0.833. The Morgan fingerprint density at radius 3 is 2.71 bits per heavy atom. The van der Waals surface area contributed by atoms with Gasteiger partial charge in [0, 0.05) is 6.92 Å². The van der Waals surface area contributed by atoms with Crippen molar-refractivity contribution in [1.29, 1.82) is 0 Å². The van der Waals surface area contributed by atoms with Crippen LogP contribution in [0.2, 0.25) is 0 Å². The number of alkyl halides is 2. The summed E-state index contributed by atoms with van der Waals surface area (Å²) in [5.41, 5.74) is 0. The van der Waals surface area contributed by atoms with Crippen molar-refractivity contribution in [2.24, 2.45) is 5.92 Å². The van der Waals surface area contributed by atoms with Gasteiger partial charge in [0.15, 0.2) is 18.0 Å². The fourth-order valence-electron chi connectivity index (χ4n) is 3.47. The lowest BCUT2D eigenvalue weighted by Gasteiger charge is -2.36. The zero-order chi connectivity index (χ0) is 15.0. The van der Waals surface area contributed by atoms with E-state index in [2.05, 4.69) is 0 Å². The van der Waals surface area contributed by atoms with Gasteiger partial charge in [0.25, 0.3) is 0 Å². The van der Waals surface area contributed by atoms with Gasteiger partial charge in [-0.05, 0) is 0 Å². The summed E-state index contributed by atoms with van der Waals surface area (Å²) < 4.78 is 47.5. The van der Waals surface area contributed by atoms with Crippen LogP contribution >= 0.6 is 11.8 Å². The number of hydrogen-bond acceptors (Lipinski definition) is 7. The van der Waals surface area contributed by atoms with Crippen molar-refractivity contribution < 1.29 is 37.3 Å². The largest absolute Gasteiger partial charge is 0.457 e. The van der Waals surface area contributed by atoms with E-state index in [4.69, 9.17) is 18.9 Å². The number of fused-ring (bicyclic) bond motifs is 3. The molecule has 0 aliphatic carbocycles. The second kappa shape index (κ2) is 4.08. The summed E-state index contributed by atoms with van der Waals surface area (Å²) >= 11 is 1.35. The van der Waals surface area contributed by atoms with Gasteiger partial charge in [0.2, 0.25) is 0 Å². The summed E-state index contributed by atoms with van der Waals surface area (Å²) in [6.45, 7) is 1.09. The van der Waals surface area contributed by atoms with E-state index in [1.54, 1.807) is 0 Å². The predicted molar refractivity (Wildman–Crippen MR) is 63.7 cm³/mol. The molecule has 4 heterocycles. The van der Waals surface area contributed by atoms with Gasteiger partial charge in [0.05, 0.1) is 18.5 Å². The zero-order valence-corrected chi connectivity index (χ0v) is 11.7. The number of hydrogen-bond donors (Lipinski definition) is 0. The van der Waals surface area contributed by atoms with E-state index in [-0.39, 0.29) is 5.25 Å². The quantitative estimate of drug-likeness (QED) is 0.679. The van der Waals surface area contributed by atoms with Gasteiger partial charge in [-0.3, -0.25) is 4.79 Å². The van der Waals surface area contributed by atoms with Gasteiger partial charge in [-0.15, -0.1) is 11.8 Å². The number of carbonyl (C=O) groups excluding carboxylic acids is 2. The van der Waals surface area contributed by atoms with Crippen molar-refractivity contribution in [1.82, 2.24) is 0 Å². The van der Waals surface area contributed by atoms with E-state index >= 15 is 0 Å². The molecule has 0 aromatic heterocycles. The summed E-state index contributed by atoms with van der Waals surface area (Å²) in [5, 5.41) is -0.818. The first-order valence-electron chi connectivity index (χ1n) is 6.57. The van der Waals surface area contributed by atoms with Crippen LogP contribution in [0.1, 0.15) is 6.92 Å². The molecule has 9 heteroatoms. The lowest BCUT2D eigenvalue weighted by atomic mass is 9.82. The first-order chi connectivity index (χ1) is 9.84. The molecule has 1 spiro atoms. The molecule has 4 saturated heterocycles. The third kappa shape index (κ3) is 1.65. The smallest absolute Gasteiger partial charge is 0.377 e. The minimum Gasteiger partial charge on any atom is -0.457 e. The molecule has 116 valence electrons. The summed E-state index contributed by atoms with van der Waals surface area (Å²) in [4.78, 5) is 23.5. The lowest BCUT2D eigenvalue weighted by Crippen LogP contribution is -2.57. The number of thioether (sulfide) groups is 1. The highest BCUT2D eigenvalue weighted by Gasteiger charge is 2.78. The van der Waals surface area contributed by atoms with Crippen molar-refractivity contribution in [3.63, 3.8) is 0 Å². The van der Waals surface area contributed by atoms with Crippen LogP contribution in [0.3, 0.4) is 0 Å². The van der Waals surface area contributed by atoms with Crippen molar-refractivity contribution in [3.8, 4) is 0 Å². The lowest BCUT2D eigenvalue weighted by molar-refractivity contribution is -0.215. The Bertz CT molecular complexity index is 514. The number of rotatable bonds is 2. The molecule has 5 unspecified atom stereocenters. The number of carbonyl (C=O) groups is 2. The molecule has 4 rings (SSSR count). The molecule has 4 fully saturated rings. The van der Waals surface area contributed by atoms with Crippen LogP contribution in [-0.4, -0.2) is 59.6 Å². The third-order valence-electron chi connectivity index (χ3n) is 4.25. The van der Waals surface area contributed by atoms with E-state index in [0.29, 0.717) is 20.1 Å². The Balaban J connectivity index is 1.65. The van der Waals surface area contributed by atoms with Crippen LogP contribution in [0.15, 0.2) is 0 Å². The first-order valence-corrected chi connectivity index (χ1v) is 7.52. The van der Waals surface area contributed by atoms with E-state index in [1.165, 1.54) is 11.8 Å². The molecule has 21 heavy (non-hydrogen) atoms. The maximum atomic E-state index is 13.0. The molecule has 4 aliphatic heterocycles. The molecule has 2 bridgehead atoms. The topological polar surface area (TPSA) is 71.1 Å². The van der Waals surface area contributed by atoms with Gasteiger partial charge in [-0.25, -0.2) is 4.79 Å². The molecular weight excluding hydrogens is 310 g/mol. The van der Waals surface area contributed by atoms with Crippen molar-refractivity contribution >= 4 is 23.7 Å².